The minimum atomic E-state index is 0.687. The first-order valence-electron chi connectivity index (χ1n) is 10.4. The molecular formula is C23H20N6O2S. The summed E-state index contributed by atoms with van der Waals surface area (Å²) in [6.07, 6.45) is 5.39. The summed E-state index contributed by atoms with van der Waals surface area (Å²) in [4.78, 5) is 17.7. The van der Waals surface area contributed by atoms with Crippen molar-refractivity contribution in [3.8, 4) is 27.6 Å². The molecule has 0 bridgehead atoms. The number of pyridine rings is 1. The Bertz CT molecular complexity index is 1420. The first-order valence-corrected chi connectivity index (χ1v) is 11.2. The minimum absolute atomic E-state index is 0.687. The molecule has 0 unspecified atom stereocenters. The summed E-state index contributed by atoms with van der Waals surface area (Å²) in [6, 6.07) is 10.0. The van der Waals surface area contributed by atoms with Gasteiger partial charge in [0, 0.05) is 41.3 Å². The Balaban J connectivity index is 1.58. The summed E-state index contributed by atoms with van der Waals surface area (Å²) < 4.78 is 12.2. The quantitative estimate of drug-likeness (QED) is 0.446. The molecule has 5 heterocycles. The van der Waals surface area contributed by atoms with Crippen LogP contribution < -0.4 is 9.64 Å². The standard InChI is InChI=1S/C23H20N6O2S/c1-30-19-5-6-24-12-16(19)20-11-18-21(32-20)23(29-7-9-31-10-8-29)27-22(26-18)14-3-2-4-17-15(14)13-25-28-17/h2-6,11-13H,7-10H2,1H3,(H,25,28). The molecule has 1 aromatic carbocycles. The lowest BCUT2D eigenvalue weighted by Gasteiger charge is -2.28. The number of rotatable bonds is 4. The van der Waals surface area contributed by atoms with Gasteiger partial charge in [-0.3, -0.25) is 10.1 Å². The molecule has 0 saturated carbocycles. The van der Waals surface area contributed by atoms with Crippen molar-refractivity contribution in [3.63, 3.8) is 0 Å². The number of H-pyrrole nitrogens is 1. The van der Waals surface area contributed by atoms with Crippen molar-refractivity contribution in [2.45, 2.75) is 0 Å². The van der Waals surface area contributed by atoms with E-state index in [0.717, 1.165) is 61.8 Å². The lowest BCUT2D eigenvalue weighted by molar-refractivity contribution is 0.122. The number of aromatic amines is 1. The highest BCUT2D eigenvalue weighted by molar-refractivity contribution is 7.22. The molecule has 32 heavy (non-hydrogen) atoms. The van der Waals surface area contributed by atoms with E-state index in [4.69, 9.17) is 19.4 Å². The van der Waals surface area contributed by atoms with Crippen LogP contribution in [0.1, 0.15) is 0 Å². The summed E-state index contributed by atoms with van der Waals surface area (Å²) in [7, 11) is 1.68. The number of fused-ring (bicyclic) bond motifs is 2. The van der Waals surface area contributed by atoms with Crippen molar-refractivity contribution < 1.29 is 9.47 Å². The van der Waals surface area contributed by atoms with E-state index in [9.17, 15) is 0 Å². The van der Waals surface area contributed by atoms with E-state index in [1.54, 1.807) is 24.6 Å². The highest BCUT2D eigenvalue weighted by Crippen LogP contribution is 2.41. The number of methoxy groups -OCH3 is 1. The lowest BCUT2D eigenvalue weighted by atomic mass is 10.1. The van der Waals surface area contributed by atoms with Crippen LogP contribution in [0.25, 0.3) is 42.9 Å². The van der Waals surface area contributed by atoms with E-state index in [0.29, 0.717) is 19.0 Å². The highest BCUT2D eigenvalue weighted by Gasteiger charge is 2.22. The molecule has 1 N–H and O–H groups in total. The Labute approximate surface area is 187 Å². The molecule has 160 valence electrons. The Morgan fingerprint density at radius 2 is 2.00 bits per heavy atom. The van der Waals surface area contributed by atoms with Crippen LogP contribution in [0.15, 0.2) is 48.9 Å². The van der Waals surface area contributed by atoms with Crippen LogP contribution in [0.3, 0.4) is 0 Å². The summed E-state index contributed by atoms with van der Waals surface area (Å²) in [5.74, 6) is 2.41. The minimum Gasteiger partial charge on any atom is -0.496 e. The number of ether oxygens (including phenoxy) is 2. The zero-order valence-electron chi connectivity index (χ0n) is 17.4. The SMILES string of the molecule is COc1ccncc1-c1cc2nc(-c3cccc4[nH]ncc34)nc(N3CCOCC3)c2s1. The first-order chi connectivity index (χ1) is 15.8. The number of thiophene rings is 1. The molecular weight excluding hydrogens is 424 g/mol. The number of hydrogen-bond acceptors (Lipinski definition) is 8. The van der Waals surface area contributed by atoms with E-state index < -0.39 is 0 Å². The van der Waals surface area contributed by atoms with Crippen LogP contribution in [0, 0.1) is 0 Å². The highest BCUT2D eigenvalue weighted by atomic mass is 32.1. The topological polar surface area (TPSA) is 89.1 Å². The van der Waals surface area contributed by atoms with E-state index >= 15 is 0 Å². The van der Waals surface area contributed by atoms with Gasteiger partial charge in [-0.05, 0) is 18.2 Å². The fourth-order valence-electron chi connectivity index (χ4n) is 4.07. The van der Waals surface area contributed by atoms with Crippen molar-refractivity contribution in [1.29, 1.82) is 0 Å². The molecule has 6 rings (SSSR count). The maximum Gasteiger partial charge on any atom is 0.162 e. The van der Waals surface area contributed by atoms with Crippen molar-refractivity contribution >= 4 is 38.3 Å². The van der Waals surface area contributed by atoms with E-state index in [1.165, 1.54) is 0 Å². The number of nitrogens with zero attached hydrogens (tertiary/aromatic N) is 5. The fraction of sp³-hybridized carbons (Fsp3) is 0.217. The number of nitrogens with one attached hydrogen (secondary N) is 1. The van der Waals surface area contributed by atoms with Gasteiger partial charge in [0.15, 0.2) is 11.6 Å². The maximum absolute atomic E-state index is 5.58. The molecule has 8 nitrogen and oxygen atoms in total. The van der Waals surface area contributed by atoms with Gasteiger partial charge in [0.1, 0.15) is 5.75 Å². The summed E-state index contributed by atoms with van der Waals surface area (Å²) in [6.45, 7) is 2.97. The number of anilines is 1. The summed E-state index contributed by atoms with van der Waals surface area (Å²) >= 11 is 1.66. The van der Waals surface area contributed by atoms with Gasteiger partial charge in [-0.25, -0.2) is 9.97 Å². The largest absolute Gasteiger partial charge is 0.496 e. The van der Waals surface area contributed by atoms with Gasteiger partial charge < -0.3 is 14.4 Å². The predicted octanol–water partition coefficient (Wildman–Crippen LogP) is 4.14. The third-order valence-corrected chi connectivity index (χ3v) is 6.81. The van der Waals surface area contributed by atoms with Crippen LogP contribution in [0.4, 0.5) is 5.82 Å². The van der Waals surface area contributed by atoms with Gasteiger partial charge >= 0.3 is 0 Å². The molecule has 1 fully saturated rings. The molecule has 9 heteroatoms. The average Bonchev–Trinajstić information content (AvgIpc) is 3.51. The summed E-state index contributed by atoms with van der Waals surface area (Å²) in [5.41, 5.74) is 3.77. The zero-order chi connectivity index (χ0) is 21.5. The fourth-order valence-corrected chi connectivity index (χ4v) is 5.19. The van der Waals surface area contributed by atoms with Crippen molar-refractivity contribution in [1.82, 2.24) is 25.1 Å². The zero-order valence-corrected chi connectivity index (χ0v) is 18.2. The van der Waals surface area contributed by atoms with Crippen molar-refractivity contribution in [3.05, 3.63) is 48.9 Å². The second kappa shape index (κ2) is 7.85. The normalized spacial score (nSPS) is 14.3. The molecule has 0 amide bonds. The number of benzene rings is 1. The van der Waals surface area contributed by atoms with Crippen LogP contribution in [-0.2, 0) is 4.74 Å². The number of morpholine rings is 1. The second-order valence-corrected chi connectivity index (χ2v) is 8.56. The first kappa shape index (κ1) is 19.1. The number of hydrogen-bond donors (Lipinski definition) is 1. The molecule has 0 spiro atoms. The van der Waals surface area contributed by atoms with Crippen LogP contribution >= 0.6 is 11.3 Å². The van der Waals surface area contributed by atoms with Crippen molar-refractivity contribution in [2.75, 3.05) is 38.3 Å². The maximum atomic E-state index is 5.58. The lowest BCUT2D eigenvalue weighted by Crippen LogP contribution is -2.36. The molecule has 5 aromatic rings. The molecule has 4 aromatic heterocycles. The van der Waals surface area contributed by atoms with Crippen LogP contribution in [0.5, 0.6) is 5.75 Å². The molecule has 0 atom stereocenters. The summed E-state index contributed by atoms with van der Waals surface area (Å²) in [5, 5.41) is 8.23. The van der Waals surface area contributed by atoms with Gasteiger partial charge in [0.25, 0.3) is 0 Å². The molecule has 1 saturated heterocycles. The van der Waals surface area contributed by atoms with Crippen LogP contribution in [0.2, 0.25) is 0 Å². The Morgan fingerprint density at radius 3 is 2.88 bits per heavy atom. The number of aromatic nitrogens is 5. The van der Waals surface area contributed by atoms with E-state index in [-0.39, 0.29) is 0 Å². The van der Waals surface area contributed by atoms with Crippen LogP contribution in [-0.4, -0.2) is 58.6 Å². The van der Waals surface area contributed by atoms with Gasteiger partial charge in [-0.15, -0.1) is 11.3 Å². The van der Waals surface area contributed by atoms with Gasteiger partial charge in [0.2, 0.25) is 0 Å². The Kier molecular flexibility index (Phi) is 4.70. The monoisotopic (exact) mass is 444 g/mol. The second-order valence-electron chi connectivity index (χ2n) is 7.51. The predicted molar refractivity (Wildman–Crippen MR) is 125 cm³/mol. The van der Waals surface area contributed by atoms with E-state index in [2.05, 4.69) is 26.1 Å². The third kappa shape index (κ3) is 3.17. The average molecular weight is 445 g/mol. The third-order valence-electron chi connectivity index (χ3n) is 5.66. The van der Waals surface area contributed by atoms with Crippen molar-refractivity contribution in [2.24, 2.45) is 0 Å². The molecule has 1 aliphatic rings. The Morgan fingerprint density at radius 1 is 1.09 bits per heavy atom. The van der Waals surface area contributed by atoms with Gasteiger partial charge in [-0.1, -0.05) is 12.1 Å². The Hall–Kier alpha value is -3.56. The molecule has 0 radical (unpaired) electrons. The van der Waals surface area contributed by atoms with E-state index in [1.807, 2.05) is 36.7 Å². The van der Waals surface area contributed by atoms with Gasteiger partial charge in [-0.2, -0.15) is 5.10 Å². The smallest absolute Gasteiger partial charge is 0.162 e. The molecule has 0 aliphatic carbocycles. The molecule has 1 aliphatic heterocycles. The van der Waals surface area contributed by atoms with Gasteiger partial charge in [0.05, 0.1) is 47.8 Å².